The van der Waals surface area contributed by atoms with Crippen LogP contribution < -0.4 is 20.1 Å². The van der Waals surface area contributed by atoms with Crippen LogP contribution in [0.1, 0.15) is 5.56 Å². The molecule has 0 aliphatic heterocycles. The fourth-order valence-electron chi connectivity index (χ4n) is 2.37. The van der Waals surface area contributed by atoms with Crippen molar-refractivity contribution < 1.29 is 18.3 Å². The fraction of sp³-hybridized carbons (Fsp3) is 0.316. The average Bonchev–Trinajstić information content (AvgIpc) is 2.65. The zero-order valence-electron chi connectivity index (χ0n) is 14.9. The second-order valence-corrected chi connectivity index (χ2v) is 5.41. The largest absolute Gasteiger partial charge is 0.496 e. The van der Waals surface area contributed by atoms with E-state index in [1.807, 2.05) is 24.3 Å². The molecule has 0 radical (unpaired) electrons. The van der Waals surface area contributed by atoms with E-state index in [1.165, 1.54) is 6.07 Å². The summed E-state index contributed by atoms with van der Waals surface area (Å²) in [5.74, 6) is 0.138. The Morgan fingerprint density at radius 1 is 1.04 bits per heavy atom. The molecule has 140 valence electrons. The lowest BCUT2D eigenvalue weighted by Crippen LogP contribution is -2.40. The SMILES string of the molecule is CN=C(NCCOc1ccc(F)cc1F)NCCc1ccccc1OC. The topological polar surface area (TPSA) is 54.9 Å². The van der Waals surface area contributed by atoms with Crippen molar-refractivity contribution >= 4 is 5.96 Å². The highest BCUT2D eigenvalue weighted by atomic mass is 19.1. The van der Waals surface area contributed by atoms with Crippen LogP contribution >= 0.6 is 0 Å². The zero-order valence-corrected chi connectivity index (χ0v) is 14.9. The molecule has 0 amide bonds. The lowest BCUT2D eigenvalue weighted by molar-refractivity contribution is 0.304. The summed E-state index contributed by atoms with van der Waals surface area (Å²) in [6, 6.07) is 11.1. The van der Waals surface area contributed by atoms with E-state index in [0.717, 1.165) is 29.9 Å². The Kier molecular flexibility index (Phi) is 7.67. The molecule has 0 bridgehead atoms. The van der Waals surface area contributed by atoms with Crippen molar-refractivity contribution in [1.82, 2.24) is 10.6 Å². The number of para-hydroxylation sites is 1. The molecule has 0 atom stereocenters. The molecule has 0 aromatic heterocycles. The summed E-state index contributed by atoms with van der Waals surface area (Å²) in [5.41, 5.74) is 1.10. The summed E-state index contributed by atoms with van der Waals surface area (Å²) in [4.78, 5) is 4.12. The molecular weight excluding hydrogens is 340 g/mol. The van der Waals surface area contributed by atoms with Gasteiger partial charge >= 0.3 is 0 Å². The van der Waals surface area contributed by atoms with Gasteiger partial charge in [0.2, 0.25) is 0 Å². The highest BCUT2D eigenvalue weighted by molar-refractivity contribution is 5.79. The van der Waals surface area contributed by atoms with Gasteiger partial charge in [-0.3, -0.25) is 4.99 Å². The molecule has 0 saturated carbocycles. The van der Waals surface area contributed by atoms with Crippen LogP contribution in [0, 0.1) is 11.6 Å². The molecule has 0 heterocycles. The van der Waals surface area contributed by atoms with Crippen LogP contribution in [0.3, 0.4) is 0 Å². The van der Waals surface area contributed by atoms with Crippen LogP contribution in [0.2, 0.25) is 0 Å². The molecular formula is C19H23F2N3O2. The van der Waals surface area contributed by atoms with Gasteiger partial charge in [-0.15, -0.1) is 0 Å². The Morgan fingerprint density at radius 2 is 1.81 bits per heavy atom. The molecule has 26 heavy (non-hydrogen) atoms. The third kappa shape index (κ3) is 5.91. The van der Waals surface area contributed by atoms with Crippen molar-refractivity contribution in [2.24, 2.45) is 4.99 Å². The summed E-state index contributed by atoms with van der Waals surface area (Å²) in [5, 5.41) is 6.26. The number of guanidine groups is 1. The first kappa shape index (κ1) is 19.5. The van der Waals surface area contributed by atoms with E-state index >= 15 is 0 Å². The highest BCUT2D eigenvalue weighted by Crippen LogP contribution is 2.18. The van der Waals surface area contributed by atoms with Crippen molar-refractivity contribution in [3.05, 3.63) is 59.7 Å². The minimum absolute atomic E-state index is 0.0207. The highest BCUT2D eigenvalue weighted by Gasteiger charge is 2.05. The molecule has 7 heteroatoms. The standard InChI is InChI=1S/C19H23F2N3O2/c1-22-19(23-10-9-14-5-3-4-6-17(14)25-2)24-11-12-26-18-8-7-15(20)13-16(18)21/h3-8,13H,9-12H2,1-2H3,(H2,22,23,24). The van der Waals surface area contributed by atoms with E-state index in [2.05, 4.69) is 15.6 Å². The van der Waals surface area contributed by atoms with Gasteiger partial charge in [0, 0.05) is 19.7 Å². The van der Waals surface area contributed by atoms with Crippen LogP contribution in [-0.4, -0.2) is 39.8 Å². The van der Waals surface area contributed by atoms with Crippen LogP contribution in [0.4, 0.5) is 8.78 Å². The van der Waals surface area contributed by atoms with Crippen molar-refractivity contribution in [2.45, 2.75) is 6.42 Å². The van der Waals surface area contributed by atoms with Crippen molar-refractivity contribution in [2.75, 3.05) is 33.9 Å². The maximum Gasteiger partial charge on any atom is 0.191 e. The molecule has 2 aromatic rings. The van der Waals surface area contributed by atoms with Gasteiger partial charge in [0.05, 0.1) is 13.7 Å². The third-order valence-corrected chi connectivity index (χ3v) is 3.65. The number of rotatable bonds is 8. The maximum atomic E-state index is 13.5. The van der Waals surface area contributed by atoms with E-state index in [4.69, 9.17) is 9.47 Å². The average molecular weight is 363 g/mol. The van der Waals surface area contributed by atoms with Crippen LogP contribution in [0.5, 0.6) is 11.5 Å². The second kappa shape index (κ2) is 10.2. The van der Waals surface area contributed by atoms with Gasteiger partial charge in [0.25, 0.3) is 0 Å². The number of nitrogens with one attached hydrogen (secondary N) is 2. The monoisotopic (exact) mass is 363 g/mol. The van der Waals surface area contributed by atoms with Gasteiger partial charge < -0.3 is 20.1 Å². The molecule has 0 spiro atoms. The first-order valence-corrected chi connectivity index (χ1v) is 8.28. The minimum atomic E-state index is -0.718. The van der Waals surface area contributed by atoms with E-state index < -0.39 is 11.6 Å². The number of hydrogen-bond donors (Lipinski definition) is 2. The first-order valence-electron chi connectivity index (χ1n) is 8.28. The molecule has 2 aromatic carbocycles. The molecule has 5 nitrogen and oxygen atoms in total. The molecule has 0 aliphatic rings. The van der Waals surface area contributed by atoms with Gasteiger partial charge in [0.15, 0.2) is 17.5 Å². The zero-order chi connectivity index (χ0) is 18.8. The lowest BCUT2D eigenvalue weighted by atomic mass is 10.1. The molecule has 2 N–H and O–H groups in total. The Balaban J connectivity index is 1.71. The summed E-state index contributed by atoms with van der Waals surface area (Å²) < 4.78 is 36.9. The Hall–Kier alpha value is -2.83. The van der Waals surface area contributed by atoms with Crippen molar-refractivity contribution in [3.8, 4) is 11.5 Å². The minimum Gasteiger partial charge on any atom is -0.496 e. The number of aliphatic imine (C=N–C) groups is 1. The van der Waals surface area contributed by atoms with Gasteiger partial charge in [-0.2, -0.15) is 0 Å². The number of halogens is 2. The summed E-state index contributed by atoms with van der Waals surface area (Å²) in [7, 11) is 3.32. The van der Waals surface area contributed by atoms with Crippen LogP contribution in [0.15, 0.2) is 47.5 Å². The summed E-state index contributed by atoms with van der Waals surface area (Å²) in [6.45, 7) is 1.31. The quantitative estimate of drug-likeness (QED) is 0.430. The number of methoxy groups -OCH3 is 1. The molecule has 0 saturated heterocycles. The van der Waals surface area contributed by atoms with Crippen LogP contribution in [0.25, 0.3) is 0 Å². The maximum absolute atomic E-state index is 13.5. The molecule has 0 aliphatic carbocycles. The van der Waals surface area contributed by atoms with Gasteiger partial charge in [-0.1, -0.05) is 18.2 Å². The number of nitrogens with zero attached hydrogens (tertiary/aromatic N) is 1. The summed E-state index contributed by atoms with van der Waals surface area (Å²) >= 11 is 0. The second-order valence-electron chi connectivity index (χ2n) is 5.41. The molecule has 0 fully saturated rings. The fourth-order valence-corrected chi connectivity index (χ4v) is 2.37. The first-order chi connectivity index (χ1) is 12.6. The van der Waals surface area contributed by atoms with Crippen LogP contribution in [-0.2, 0) is 6.42 Å². The van der Waals surface area contributed by atoms with E-state index in [9.17, 15) is 8.78 Å². The summed E-state index contributed by atoms with van der Waals surface area (Å²) in [6.07, 6.45) is 0.780. The smallest absolute Gasteiger partial charge is 0.191 e. The Bertz CT molecular complexity index is 738. The number of ether oxygens (including phenoxy) is 2. The van der Waals surface area contributed by atoms with E-state index in [0.29, 0.717) is 19.0 Å². The van der Waals surface area contributed by atoms with Crippen molar-refractivity contribution in [3.63, 3.8) is 0 Å². The Labute approximate surface area is 152 Å². The van der Waals surface area contributed by atoms with Gasteiger partial charge in [0.1, 0.15) is 18.2 Å². The lowest BCUT2D eigenvalue weighted by Gasteiger charge is -2.13. The number of benzene rings is 2. The van der Waals surface area contributed by atoms with Crippen molar-refractivity contribution in [1.29, 1.82) is 0 Å². The predicted molar refractivity (Wildman–Crippen MR) is 97.9 cm³/mol. The predicted octanol–water partition coefficient (Wildman–Crippen LogP) is 2.76. The third-order valence-electron chi connectivity index (χ3n) is 3.65. The van der Waals surface area contributed by atoms with E-state index in [-0.39, 0.29) is 12.4 Å². The molecule has 0 unspecified atom stereocenters. The Morgan fingerprint density at radius 3 is 2.54 bits per heavy atom. The normalized spacial score (nSPS) is 11.2. The van der Waals surface area contributed by atoms with E-state index in [1.54, 1.807) is 14.2 Å². The molecule has 2 rings (SSSR count). The number of hydrogen-bond acceptors (Lipinski definition) is 3. The van der Waals surface area contributed by atoms with Gasteiger partial charge in [-0.25, -0.2) is 8.78 Å². The van der Waals surface area contributed by atoms with Gasteiger partial charge in [-0.05, 0) is 30.2 Å².